The van der Waals surface area contributed by atoms with Crippen LogP contribution in [0.1, 0.15) is 20.8 Å². The molecule has 0 spiro atoms. The number of ether oxygens (including phenoxy) is 1. The van der Waals surface area contributed by atoms with Crippen molar-refractivity contribution in [3.05, 3.63) is 54.9 Å². The number of benzene rings is 1. The van der Waals surface area contributed by atoms with E-state index in [0.717, 1.165) is 11.8 Å². The highest BCUT2D eigenvalue weighted by Crippen LogP contribution is 2.25. The molecule has 0 aliphatic rings. The van der Waals surface area contributed by atoms with E-state index < -0.39 is 11.7 Å². The molecule has 3 aromatic rings. The number of pyridine rings is 1. The normalized spacial score (nSPS) is 11.1. The van der Waals surface area contributed by atoms with Gasteiger partial charge in [-0.15, -0.1) is 10.2 Å². The molecule has 9 heteroatoms. The summed E-state index contributed by atoms with van der Waals surface area (Å²) in [6, 6.07) is 12.6. The van der Waals surface area contributed by atoms with E-state index in [2.05, 4.69) is 20.5 Å². The molecule has 0 radical (unpaired) electrons. The summed E-state index contributed by atoms with van der Waals surface area (Å²) in [6.45, 7) is 5.34. The van der Waals surface area contributed by atoms with Crippen molar-refractivity contribution in [2.24, 2.45) is 0 Å². The molecule has 0 bridgehead atoms. The van der Waals surface area contributed by atoms with Gasteiger partial charge < -0.3 is 10.1 Å². The molecule has 0 saturated heterocycles. The molecule has 1 aromatic carbocycles. The van der Waals surface area contributed by atoms with Gasteiger partial charge in [-0.05, 0) is 45.0 Å². The highest BCUT2D eigenvalue weighted by molar-refractivity contribution is 7.99. The van der Waals surface area contributed by atoms with Gasteiger partial charge in [0.1, 0.15) is 5.60 Å². The summed E-state index contributed by atoms with van der Waals surface area (Å²) < 4.78 is 6.78. The molecule has 0 saturated carbocycles. The van der Waals surface area contributed by atoms with E-state index in [9.17, 15) is 9.59 Å². The molecular weight excluding hydrogens is 390 g/mol. The van der Waals surface area contributed by atoms with Crippen molar-refractivity contribution >= 4 is 29.4 Å². The number of nitrogens with zero attached hydrogens (tertiary/aromatic N) is 4. The maximum absolute atomic E-state index is 12.8. The third-order valence-corrected chi connectivity index (χ3v) is 4.47. The Morgan fingerprint density at radius 1 is 1.07 bits per heavy atom. The van der Waals surface area contributed by atoms with E-state index in [1.54, 1.807) is 57.4 Å². The van der Waals surface area contributed by atoms with Crippen LogP contribution >= 0.6 is 11.8 Å². The van der Waals surface area contributed by atoms with E-state index in [4.69, 9.17) is 4.74 Å². The Labute approximate surface area is 172 Å². The number of aromatic nitrogens is 4. The molecule has 2 heterocycles. The number of carbonyl (C=O) groups excluding carboxylic acids is 2. The Morgan fingerprint density at radius 2 is 1.76 bits per heavy atom. The second-order valence-corrected chi connectivity index (χ2v) is 8.00. The van der Waals surface area contributed by atoms with Gasteiger partial charge in [-0.1, -0.05) is 30.0 Å². The maximum atomic E-state index is 12.8. The van der Waals surface area contributed by atoms with Crippen LogP contribution in [0.4, 0.5) is 10.5 Å². The predicted molar refractivity (Wildman–Crippen MR) is 111 cm³/mol. The van der Waals surface area contributed by atoms with Gasteiger partial charge in [0, 0.05) is 23.6 Å². The zero-order valence-electron chi connectivity index (χ0n) is 16.3. The Balaban J connectivity index is 1.81. The molecule has 0 aliphatic heterocycles. The average molecular weight is 411 g/mol. The summed E-state index contributed by atoms with van der Waals surface area (Å²) >= 11 is 1.11. The Bertz CT molecular complexity index is 984. The van der Waals surface area contributed by atoms with Crippen LogP contribution in [0.5, 0.6) is 0 Å². The monoisotopic (exact) mass is 411 g/mol. The maximum Gasteiger partial charge on any atom is 0.422 e. The molecular formula is C20H21N5O3S. The number of carbonyl (C=O) groups is 2. The lowest BCUT2D eigenvalue weighted by Crippen LogP contribution is -2.28. The molecule has 0 aliphatic carbocycles. The van der Waals surface area contributed by atoms with Gasteiger partial charge in [-0.3, -0.25) is 9.78 Å². The molecule has 0 fully saturated rings. The number of rotatable bonds is 5. The summed E-state index contributed by atoms with van der Waals surface area (Å²) in [5, 5.41) is 11.3. The van der Waals surface area contributed by atoms with Crippen molar-refractivity contribution in [1.82, 2.24) is 19.7 Å². The summed E-state index contributed by atoms with van der Waals surface area (Å²) in [5.74, 6) is 0.171. The lowest BCUT2D eigenvalue weighted by atomic mass is 10.2. The lowest BCUT2D eigenvalue weighted by molar-refractivity contribution is -0.113. The van der Waals surface area contributed by atoms with Crippen molar-refractivity contribution < 1.29 is 14.3 Å². The van der Waals surface area contributed by atoms with Gasteiger partial charge in [-0.2, -0.15) is 0 Å². The molecule has 3 rings (SSSR count). The van der Waals surface area contributed by atoms with Crippen molar-refractivity contribution in [2.45, 2.75) is 31.5 Å². The number of hydrogen-bond acceptors (Lipinski definition) is 7. The lowest BCUT2D eigenvalue weighted by Gasteiger charge is -2.20. The highest BCUT2D eigenvalue weighted by Gasteiger charge is 2.25. The minimum atomic E-state index is -0.691. The van der Waals surface area contributed by atoms with Gasteiger partial charge in [0.05, 0.1) is 5.75 Å². The predicted octanol–water partition coefficient (Wildman–Crippen LogP) is 3.85. The van der Waals surface area contributed by atoms with Crippen LogP contribution in [0.15, 0.2) is 60.0 Å². The van der Waals surface area contributed by atoms with Crippen LogP contribution in [-0.4, -0.2) is 43.1 Å². The van der Waals surface area contributed by atoms with Crippen LogP contribution in [0.2, 0.25) is 0 Å². The molecule has 0 atom stereocenters. The van der Waals surface area contributed by atoms with Crippen LogP contribution in [0, 0.1) is 0 Å². The van der Waals surface area contributed by atoms with Crippen LogP contribution in [0.25, 0.3) is 11.4 Å². The molecule has 1 N–H and O–H groups in total. The first-order valence-electron chi connectivity index (χ1n) is 8.90. The zero-order valence-corrected chi connectivity index (χ0v) is 17.1. The fourth-order valence-electron chi connectivity index (χ4n) is 2.37. The van der Waals surface area contributed by atoms with E-state index in [1.165, 1.54) is 4.57 Å². The van der Waals surface area contributed by atoms with Crippen molar-refractivity contribution in [1.29, 1.82) is 0 Å². The number of thioether (sulfide) groups is 1. The minimum Gasteiger partial charge on any atom is -0.443 e. The minimum absolute atomic E-state index is 0.0617. The van der Waals surface area contributed by atoms with Crippen LogP contribution < -0.4 is 5.32 Å². The van der Waals surface area contributed by atoms with E-state index >= 15 is 0 Å². The number of anilines is 1. The topological polar surface area (TPSA) is 99.0 Å². The standard InChI is InChI=1S/C20H21N5O3S/c1-20(2,3)28-19(27)25-17(14-9-11-21-12-10-14)23-24-18(25)29-13-16(26)22-15-7-5-4-6-8-15/h4-12H,13H2,1-3H3,(H,22,26). The van der Waals surface area contributed by atoms with Gasteiger partial charge in [0.25, 0.3) is 0 Å². The second-order valence-electron chi connectivity index (χ2n) is 7.06. The number of para-hydroxylation sites is 1. The van der Waals surface area contributed by atoms with E-state index in [-0.39, 0.29) is 16.8 Å². The summed E-state index contributed by atoms with van der Waals surface area (Å²) in [6.07, 6.45) is 2.59. The first-order chi connectivity index (χ1) is 13.8. The summed E-state index contributed by atoms with van der Waals surface area (Å²) in [5.41, 5.74) is 0.673. The third kappa shape index (κ3) is 5.64. The first-order valence-corrected chi connectivity index (χ1v) is 9.89. The first kappa shape index (κ1) is 20.5. The molecule has 150 valence electrons. The molecule has 8 nitrogen and oxygen atoms in total. The van der Waals surface area contributed by atoms with Crippen LogP contribution in [0.3, 0.4) is 0 Å². The molecule has 29 heavy (non-hydrogen) atoms. The quantitative estimate of drug-likeness (QED) is 0.637. The van der Waals surface area contributed by atoms with Crippen molar-refractivity contribution in [2.75, 3.05) is 11.1 Å². The second kappa shape index (κ2) is 8.87. The fraction of sp³-hybridized carbons (Fsp3) is 0.250. The van der Waals surface area contributed by atoms with Gasteiger partial charge in [-0.25, -0.2) is 9.36 Å². The number of amides is 1. The van der Waals surface area contributed by atoms with Crippen molar-refractivity contribution in [3.63, 3.8) is 0 Å². The molecule has 0 unspecified atom stereocenters. The zero-order chi connectivity index (χ0) is 20.9. The molecule has 1 amide bonds. The van der Waals surface area contributed by atoms with Crippen LogP contribution in [-0.2, 0) is 9.53 Å². The summed E-state index contributed by atoms with van der Waals surface area (Å²) in [7, 11) is 0. The van der Waals surface area contributed by atoms with Gasteiger partial charge in [0.15, 0.2) is 5.82 Å². The Morgan fingerprint density at radius 3 is 2.41 bits per heavy atom. The summed E-state index contributed by atoms with van der Waals surface area (Å²) in [4.78, 5) is 29.0. The van der Waals surface area contributed by atoms with E-state index in [1.807, 2.05) is 18.2 Å². The van der Waals surface area contributed by atoms with Gasteiger partial charge in [0.2, 0.25) is 11.1 Å². The fourth-order valence-corrected chi connectivity index (χ4v) is 3.09. The average Bonchev–Trinajstić information content (AvgIpc) is 3.11. The highest BCUT2D eigenvalue weighted by atomic mass is 32.2. The smallest absolute Gasteiger partial charge is 0.422 e. The molecule has 2 aromatic heterocycles. The third-order valence-electron chi connectivity index (χ3n) is 3.54. The number of nitrogens with one attached hydrogen (secondary N) is 1. The Kier molecular flexibility index (Phi) is 6.28. The van der Waals surface area contributed by atoms with E-state index in [0.29, 0.717) is 17.1 Å². The van der Waals surface area contributed by atoms with Crippen molar-refractivity contribution in [3.8, 4) is 11.4 Å². The largest absolute Gasteiger partial charge is 0.443 e. The van der Waals surface area contributed by atoms with Gasteiger partial charge >= 0.3 is 6.09 Å². The number of hydrogen-bond donors (Lipinski definition) is 1. The SMILES string of the molecule is CC(C)(C)OC(=O)n1c(SCC(=O)Nc2ccccc2)nnc1-c1ccncc1. The Hall–Kier alpha value is -3.20.